The van der Waals surface area contributed by atoms with Crippen molar-refractivity contribution in [2.45, 2.75) is 27.2 Å². The van der Waals surface area contributed by atoms with Gasteiger partial charge in [0, 0.05) is 11.3 Å². The quantitative estimate of drug-likeness (QED) is 0.346. The molecule has 0 saturated heterocycles. The van der Waals surface area contributed by atoms with Crippen LogP contribution in [0.1, 0.15) is 32.8 Å². The molecule has 0 aliphatic rings. The number of carbonyl (C=O) groups excluding carboxylic acids is 1. The van der Waals surface area contributed by atoms with Gasteiger partial charge in [-0.05, 0) is 25.3 Å². The lowest BCUT2D eigenvalue weighted by molar-refractivity contribution is -0.141. The summed E-state index contributed by atoms with van der Waals surface area (Å²) in [7, 11) is 0. The fraction of sp³-hybridized carbons (Fsp3) is 0.467. The lowest BCUT2D eigenvalue weighted by Gasteiger charge is -2.12. The van der Waals surface area contributed by atoms with E-state index in [-0.39, 0.29) is 12.5 Å². The average Bonchev–Trinajstić information content (AvgIpc) is 2.38. The number of nitrogens with zero attached hydrogens (tertiary/aromatic N) is 1. The van der Waals surface area contributed by atoms with Gasteiger partial charge in [0.25, 0.3) is 0 Å². The standard InChI is InChI=1S/C15H23N3O2/c1-4-20-15(19)10-17-18-14(9-11(2)3)12-7-5-6-8-13(12)16/h5-8,11,17H,4,9-10,16H2,1-3H3/b18-14-. The zero-order valence-corrected chi connectivity index (χ0v) is 12.3. The van der Waals surface area contributed by atoms with Gasteiger partial charge >= 0.3 is 5.97 Å². The second-order valence-electron chi connectivity index (χ2n) is 4.88. The fourth-order valence-corrected chi connectivity index (χ4v) is 1.77. The van der Waals surface area contributed by atoms with Gasteiger partial charge < -0.3 is 10.5 Å². The van der Waals surface area contributed by atoms with Crippen molar-refractivity contribution in [1.29, 1.82) is 0 Å². The van der Waals surface area contributed by atoms with Crippen molar-refractivity contribution >= 4 is 17.4 Å². The van der Waals surface area contributed by atoms with Crippen molar-refractivity contribution in [3.63, 3.8) is 0 Å². The molecule has 1 aromatic rings. The third kappa shape index (κ3) is 5.30. The van der Waals surface area contributed by atoms with Crippen LogP contribution in [0.4, 0.5) is 5.69 Å². The molecule has 20 heavy (non-hydrogen) atoms. The Labute approximate surface area is 120 Å². The third-order valence-corrected chi connectivity index (χ3v) is 2.62. The highest BCUT2D eigenvalue weighted by Crippen LogP contribution is 2.16. The number of rotatable bonds is 7. The van der Waals surface area contributed by atoms with Gasteiger partial charge in [-0.1, -0.05) is 32.0 Å². The first-order valence-corrected chi connectivity index (χ1v) is 6.84. The Morgan fingerprint density at radius 1 is 1.40 bits per heavy atom. The molecule has 0 spiro atoms. The Balaban J connectivity index is 2.79. The first kappa shape index (κ1) is 16.0. The number of ether oxygens (including phenoxy) is 1. The molecule has 0 aromatic heterocycles. The lowest BCUT2D eigenvalue weighted by Crippen LogP contribution is -2.23. The SMILES string of the molecule is CCOC(=O)CN/N=C(/CC(C)C)c1ccccc1N. The lowest BCUT2D eigenvalue weighted by atomic mass is 9.99. The van der Waals surface area contributed by atoms with E-state index in [0.717, 1.165) is 17.7 Å². The fourth-order valence-electron chi connectivity index (χ4n) is 1.77. The number of hydrogen-bond donors (Lipinski definition) is 2. The molecule has 110 valence electrons. The van der Waals surface area contributed by atoms with Gasteiger partial charge in [-0.3, -0.25) is 10.2 Å². The van der Waals surface area contributed by atoms with Crippen LogP contribution in [0, 0.1) is 5.92 Å². The summed E-state index contributed by atoms with van der Waals surface area (Å²) in [4.78, 5) is 11.3. The molecule has 1 rings (SSSR count). The molecule has 0 saturated carbocycles. The number of hydrazone groups is 1. The summed E-state index contributed by atoms with van der Waals surface area (Å²) in [5.74, 6) is 0.124. The minimum atomic E-state index is -0.318. The van der Waals surface area contributed by atoms with Crippen molar-refractivity contribution in [3.8, 4) is 0 Å². The van der Waals surface area contributed by atoms with Gasteiger partial charge in [0.1, 0.15) is 6.54 Å². The first-order chi connectivity index (χ1) is 9.54. The van der Waals surface area contributed by atoms with E-state index in [2.05, 4.69) is 24.4 Å². The summed E-state index contributed by atoms with van der Waals surface area (Å²) >= 11 is 0. The Hall–Kier alpha value is -2.04. The average molecular weight is 277 g/mol. The molecule has 1 aromatic carbocycles. The van der Waals surface area contributed by atoms with Crippen LogP contribution in [0.5, 0.6) is 0 Å². The molecular formula is C15H23N3O2. The Morgan fingerprint density at radius 2 is 2.10 bits per heavy atom. The van der Waals surface area contributed by atoms with E-state index < -0.39 is 0 Å². The van der Waals surface area contributed by atoms with Gasteiger partial charge in [-0.25, -0.2) is 0 Å². The predicted molar refractivity (Wildman–Crippen MR) is 81.5 cm³/mol. The Morgan fingerprint density at radius 3 is 2.70 bits per heavy atom. The third-order valence-electron chi connectivity index (χ3n) is 2.62. The van der Waals surface area contributed by atoms with Gasteiger partial charge in [-0.2, -0.15) is 5.10 Å². The number of para-hydroxylation sites is 1. The van der Waals surface area contributed by atoms with E-state index in [1.165, 1.54) is 0 Å². The highest BCUT2D eigenvalue weighted by atomic mass is 16.5. The summed E-state index contributed by atoms with van der Waals surface area (Å²) in [5.41, 5.74) is 11.2. The van der Waals surface area contributed by atoms with E-state index in [1.807, 2.05) is 24.3 Å². The monoisotopic (exact) mass is 277 g/mol. The van der Waals surface area contributed by atoms with Crippen LogP contribution in [0.3, 0.4) is 0 Å². The largest absolute Gasteiger partial charge is 0.465 e. The molecule has 0 fully saturated rings. The van der Waals surface area contributed by atoms with Crippen molar-refractivity contribution in [1.82, 2.24) is 5.43 Å². The Bertz CT molecular complexity index is 470. The molecule has 5 nitrogen and oxygen atoms in total. The molecule has 0 heterocycles. The number of carbonyl (C=O) groups is 1. The van der Waals surface area contributed by atoms with Gasteiger partial charge in [0.2, 0.25) is 0 Å². The second kappa shape index (κ2) is 8.19. The number of nitrogen functional groups attached to an aromatic ring is 1. The van der Waals surface area contributed by atoms with Crippen LogP contribution in [-0.4, -0.2) is 24.8 Å². The van der Waals surface area contributed by atoms with Crippen molar-refractivity contribution in [3.05, 3.63) is 29.8 Å². The number of anilines is 1. The minimum Gasteiger partial charge on any atom is -0.465 e. The maximum Gasteiger partial charge on any atom is 0.327 e. The highest BCUT2D eigenvalue weighted by molar-refractivity contribution is 6.04. The van der Waals surface area contributed by atoms with Crippen LogP contribution in [-0.2, 0) is 9.53 Å². The van der Waals surface area contributed by atoms with E-state index >= 15 is 0 Å². The van der Waals surface area contributed by atoms with Crippen LogP contribution < -0.4 is 11.2 Å². The molecule has 0 aliphatic heterocycles. The molecule has 0 radical (unpaired) electrons. The van der Waals surface area contributed by atoms with E-state index in [0.29, 0.717) is 18.2 Å². The number of nitrogens with two attached hydrogens (primary N) is 1. The van der Waals surface area contributed by atoms with Gasteiger partial charge in [0.15, 0.2) is 0 Å². The molecule has 5 heteroatoms. The van der Waals surface area contributed by atoms with E-state index in [1.54, 1.807) is 6.92 Å². The van der Waals surface area contributed by atoms with Crippen LogP contribution >= 0.6 is 0 Å². The summed E-state index contributed by atoms with van der Waals surface area (Å²) in [6, 6.07) is 7.59. The minimum absolute atomic E-state index is 0.0577. The second-order valence-corrected chi connectivity index (χ2v) is 4.88. The van der Waals surface area contributed by atoms with Crippen LogP contribution in [0.2, 0.25) is 0 Å². The topological polar surface area (TPSA) is 76.7 Å². The number of benzene rings is 1. The zero-order valence-electron chi connectivity index (χ0n) is 12.3. The highest BCUT2D eigenvalue weighted by Gasteiger charge is 2.10. The smallest absolute Gasteiger partial charge is 0.327 e. The molecular weight excluding hydrogens is 254 g/mol. The Kier molecular flexibility index (Phi) is 6.56. The van der Waals surface area contributed by atoms with Gasteiger partial charge in [0.05, 0.1) is 12.3 Å². The summed E-state index contributed by atoms with van der Waals surface area (Å²) in [5, 5.41) is 4.30. The van der Waals surface area contributed by atoms with Crippen LogP contribution in [0.25, 0.3) is 0 Å². The summed E-state index contributed by atoms with van der Waals surface area (Å²) in [6.45, 7) is 6.42. The van der Waals surface area contributed by atoms with E-state index in [4.69, 9.17) is 10.5 Å². The van der Waals surface area contributed by atoms with Crippen LogP contribution in [0.15, 0.2) is 29.4 Å². The predicted octanol–water partition coefficient (Wildman–Crippen LogP) is 2.17. The summed E-state index contributed by atoms with van der Waals surface area (Å²) < 4.78 is 4.84. The number of hydrogen-bond acceptors (Lipinski definition) is 5. The molecule has 3 N–H and O–H groups in total. The molecule has 0 atom stereocenters. The van der Waals surface area contributed by atoms with Gasteiger partial charge in [-0.15, -0.1) is 0 Å². The number of esters is 1. The summed E-state index contributed by atoms with van der Waals surface area (Å²) in [6.07, 6.45) is 0.782. The molecule has 0 unspecified atom stereocenters. The molecule has 0 amide bonds. The van der Waals surface area contributed by atoms with Crippen molar-refractivity contribution in [2.75, 3.05) is 18.9 Å². The maximum atomic E-state index is 11.3. The van der Waals surface area contributed by atoms with Crippen molar-refractivity contribution < 1.29 is 9.53 Å². The molecule has 0 aliphatic carbocycles. The molecule has 0 bridgehead atoms. The number of nitrogens with one attached hydrogen (secondary N) is 1. The van der Waals surface area contributed by atoms with E-state index in [9.17, 15) is 4.79 Å². The van der Waals surface area contributed by atoms with Crippen molar-refractivity contribution in [2.24, 2.45) is 11.0 Å². The zero-order chi connectivity index (χ0) is 15.0. The normalized spacial score (nSPS) is 11.5. The maximum absolute atomic E-state index is 11.3. The first-order valence-electron chi connectivity index (χ1n) is 6.84.